The van der Waals surface area contributed by atoms with Gasteiger partial charge >= 0.3 is 0 Å². The normalized spacial score (nSPS) is 10.6. The van der Waals surface area contributed by atoms with Gasteiger partial charge in [-0.15, -0.1) is 0 Å². The summed E-state index contributed by atoms with van der Waals surface area (Å²) < 4.78 is 7.30. The average molecular weight is 280 g/mol. The number of benzene rings is 1. The van der Waals surface area contributed by atoms with E-state index in [1.54, 1.807) is 23.8 Å². The number of nitrogens with one attached hydrogen (secondary N) is 1. The first-order chi connectivity index (χ1) is 9.13. The SMILES string of the molecule is COCCn1c(-c2ccc([N+](=O)[O-])cc2)n[nH]c1=S. The lowest BCUT2D eigenvalue weighted by Gasteiger charge is -2.05. The van der Waals surface area contributed by atoms with Crippen molar-refractivity contribution in [1.82, 2.24) is 14.8 Å². The quantitative estimate of drug-likeness (QED) is 0.515. The standard InChI is InChI=1S/C11H12N4O3S/c1-18-7-6-14-10(12-13-11(14)19)8-2-4-9(5-3-8)15(16)17/h2-5H,6-7H2,1H3,(H,13,19). The number of methoxy groups -OCH3 is 1. The zero-order valence-corrected chi connectivity index (χ0v) is 11.0. The third kappa shape index (κ3) is 2.85. The molecule has 1 aromatic carbocycles. The van der Waals surface area contributed by atoms with Gasteiger partial charge in [-0.3, -0.25) is 19.8 Å². The van der Waals surface area contributed by atoms with Gasteiger partial charge in [0.2, 0.25) is 0 Å². The first kappa shape index (κ1) is 13.4. The van der Waals surface area contributed by atoms with E-state index in [-0.39, 0.29) is 5.69 Å². The second-order valence-corrected chi connectivity index (χ2v) is 4.19. The molecule has 0 radical (unpaired) electrons. The Balaban J connectivity index is 2.36. The molecule has 0 aliphatic rings. The van der Waals surface area contributed by atoms with Crippen LogP contribution in [0.1, 0.15) is 0 Å². The predicted molar refractivity (Wildman–Crippen MR) is 71.4 cm³/mol. The van der Waals surface area contributed by atoms with E-state index in [1.165, 1.54) is 12.1 Å². The number of aromatic amines is 1. The number of rotatable bonds is 5. The highest BCUT2D eigenvalue weighted by Gasteiger charge is 2.10. The molecule has 0 aliphatic carbocycles. The van der Waals surface area contributed by atoms with Crippen LogP contribution in [0.5, 0.6) is 0 Å². The molecule has 0 saturated heterocycles. The second-order valence-electron chi connectivity index (χ2n) is 3.80. The van der Waals surface area contributed by atoms with E-state index in [0.29, 0.717) is 23.7 Å². The van der Waals surface area contributed by atoms with Crippen LogP contribution in [0.15, 0.2) is 24.3 Å². The first-order valence-electron chi connectivity index (χ1n) is 5.52. The topological polar surface area (TPSA) is 86.0 Å². The van der Waals surface area contributed by atoms with Crippen molar-refractivity contribution in [2.45, 2.75) is 6.54 Å². The smallest absolute Gasteiger partial charge is 0.269 e. The zero-order valence-electron chi connectivity index (χ0n) is 10.2. The Morgan fingerprint density at radius 1 is 1.47 bits per heavy atom. The third-order valence-corrected chi connectivity index (χ3v) is 2.93. The minimum Gasteiger partial charge on any atom is -0.383 e. The maximum absolute atomic E-state index is 10.6. The molecule has 0 amide bonds. The molecule has 7 nitrogen and oxygen atoms in total. The van der Waals surface area contributed by atoms with Crippen molar-refractivity contribution >= 4 is 17.9 Å². The third-order valence-electron chi connectivity index (χ3n) is 2.61. The van der Waals surface area contributed by atoms with E-state index in [2.05, 4.69) is 10.2 Å². The van der Waals surface area contributed by atoms with Crippen LogP contribution in [0.3, 0.4) is 0 Å². The molecular formula is C11H12N4O3S. The molecule has 0 atom stereocenters. The van der Waals surface area contributed by atoms with Gasteiger partial charge in [0.15, 0.2) is 10.6 Å². The summed E-state index contributed by atoms with van der Waals surface area (Å²) in [5.41, 5.74) is 0.801. The number of non-ortho nitro benzene ring substituents is 1. The van der Waals surface area contributed by atoms with Crippen LogP contribution >= 0.6 is 12.2 Å². The molecule has 0 unspecified atom stereocenters. The molecule has 8 heteroatoms. The van der Waals surface area contributed by atoms with Crippen LogP contribution < -0.4 is 0 Å². The summed E-state index contributed by atoms with van der Waals surface area (Å²) >= 11 is 5.13. The Morgan fingerprint density at radius 3 is 2.74 bits per heavy atom. The van der Waals surface area contributed by atoms with Crippen LogP contribution in [-0.4, -0.2) is 33.4 Å². The summed E-state index contributed by atoms with van der Waals surface area (Å²) in [4.78, 5) is 10.2. The molecule has 0 fully saturated rings. The highest BCUT2D eigenvalue weighted by atomic mass is 32.1. The Morgan fingerprint density at radius 2 is 2.16 bits per heavy atom. The van der Waals surface area contributed by atoms with Crippen LogP contribution in [0.4, 0.5) is 5.69 Å². The van der Waals surface area contributed by atoms with Crippen LogP contribution in [0.2, 0.25) is 0 Å². The largest absolute Gasteiger partial charge is 0.383 e. The van der Waals surface area contributed by atoms with Gasteiger partial charge < -0.3 is 4.74 Å². The molecule has 1 heterocycles. The van der Waals surface area contributed by atoms with Gasteiger partial charge in [0.1, 0.15) is 0 Å². The molecule has 2 rings (SSSR count). The van der Waals surface area contributed by atoms with Crippen molar-refractivity contribution in [3.63, 3.8) is 0 Å². The lowest BCUT2D eigenvalue weighted by molar-refractivity contribution is -0.384. The molecule has 100 valence electrons. The molecule has 2 aromatic rings. The van der Waals surface area contributed by atoms with E-state index in [4.69, 9.17) is 17.0 Å². The fourth-order valence-corrected chi connectivity index (χ4v) is 1.88. The Bertz CT molecular complexity index is 632. The van der Waals surface area contributed by atoms with Gasteiger partial charge in [0.25, 0.3) is 5.69 Å². The first-order valence-corrected chi connectivity index (χ1v) is 5.93. The summed E-state index contributed by atoms with van der Waals surface area (Å²) in [7, 11) is 1.61. The van der Waals surface area contributed by atoms with Crippen LogP contribution in [0, 0.1) is 14.9 Å². The highest BCUT2D eigenvalue weighted by Crippen LogP contribution is 2.20. The number of ether oxygens (including phenoxy) is 1. The number of hydrogen-bond acceptors (Lipinski definition) is 5. The minimum absolute atomic E-state index is 0.0429. The van der Waals surface area contributed by atoms with E-state index >= 15 is 0 Å². The van der Waals surface area contributed by atoms with Crippen LogP contribution in [0.25, 0.3) is 11.4 Å². The lowest BCUT2D eigenvalue weighted by Crippen LogP contribution is -2.06. The summed E-state index contributed by atoms with van der Waals surface area (Å²) in [5, 5.41) is 17.4. The minimum atomic E-state index is -0.439. The van der Waals surface area contributed by atoms with Crippen molar-refractivity contribution in [3.8, 4) is 11.4 Å². The number of nitro groups is 1. The molecule has 0 bridgehead atoms. The molecule has 1 N–H and O–H groups in total. The van der Waals surface area contributed by atoms with Crippen molar-refractivity contribution in [3.05, 3.63) is 39.2 Å². The van der Waals surface area contributed by atoms with E-state index in [0.717, 1.165) is 5.56 Å². The van der Waals surface area contributed by atoms with E-state index in [9.17, 15) is 10.1 Å². The second kappa shape index (κ2) is 5.72. The summed E-state index contributed by atoms with van der Waals surface area (Å²) in [6, 6.07) is 6.17. The monoisotopic (exact) mass is 280 g/mol. The summed E-state index contributed by atoms with van der Waals surface area (Å²) in [5.74, 6) is 0.636. The van der Waals surface area contributed by atoms with Crippen molar-refractivity contribution < 1.29 is 9.66 Å². The van der Waals surface area contributed by atoms with E-state index in [1.807, 2.05) is 0 Å². The zero-order chi connectivity index (χ0) is 13.8. The summed E-state index contributed by atoms with van der Waals surface area (Å²) in [6.07, 6.45) is 0. The molecule has 19 heavy (non-hydrogen) atoms. The molecule has 1 aromatic heterocycles. The van der Waals surface area contributed by atoms with Gasteiger partial charge in [-0.25, -0.2) is 0 Å². The van der Waals surface area contributed by atoms with E-state index < -0.39 is 4.92 Å². The van der Waals surface area contributed by atoms with Gasteiger partial charge in [0.05, 0.1) is 18.1 Å². The van der Waals surface area contributed by atoms with Crippen molar-refractivity contribution in [2.75, 3.05) is 13.7 Å². The van der Waals surface area contributed by atoms with Crippen molar-refractivity contribution in [1.29, 1.82) is 0 Å². The molecule has 0 aliphatic heterocycles. The van der Waals surface area contributed by atoms with Crippen molar-refractivity contribution in [2.24, 2.45) is 0 Å². The maximum atomic E-state index is 10.6. The lowest BCUT2D eigenvalue weighted by atomic mass is 10.2. The van der Waals surface area contributed by atoms with Gasteiger partial charge in [-0.1, -0.05) is 0 Å². The number of aromatic nitrogens is 3. The Kier molecular flexibility index (Phi) is 4.03. The Labute approximate surface area is 114 Å². The van der Waals surface area contributed by atoms with Gasteiger partial charge in [-0.2, -0.15) is 5.10 Å². The molecule has 0 saturated carbocycles. The molecule has 0 spiro atoms. The fourth-order valence-electron chi connectivity index (χ4n) is 1.66. The number of hydrogen-bond donors (Lipinski definition) is 1. The van der Waals surface area contributed by atoms with Gasteiger partial charge in [0, 0.05) is 24.8 Å². The summed E-state index contributed by atoms with van der Waals surface area (Å²) in [6.45, 7) is 1.08. The number of nitro benzene ring substituents is 1. The number of nitrogens with zero attached hydrogens (tertiary/aromatic N) is 3. The molecular weight excluding hydrogens is 268 g/mol. The number of H-pyrrole nitrogens is 1. The average Bonchev–Trinajstić information content (AvgIpc) is 2.78. The van der Waals surface area contributed by atoms with Gasteiger partial charge in [-0.05, 0) is 24.4 Å². The Hall–Kier alpha value is -2.06. The fraction of sp³-hybridized carbons (Fsp3) is 0.273. The maximum Gasteiger partial charge on any atom is 0.269 e. The predicted octanol–water partition coefficient (Wildman–Crippen LogP) is 2.16. The highest BCUT2D eigenvalue weighted by molar-refractivity contribution is 7.71. The van der Waals surface area contributed by atoms with Crippen LogP contribution in [-0.2, 0) is 11.3 Å².